The molecule has 8 heteroatoms. The van der Waals surface area contributed by atoms with Crippen molar-refractivity contribution in [3.63, 3.8) is 0 Å². The molecule has 0 bridgehead atoms. The van der Waals surface area contributed by atoms with Crippen molar-refractivity contribution in [3.8, 4) is 5.75 Å². The van der Waals surface area contributed by atoms with Gasteiger partial charge in [-0.25, -0.2) is 0 Å². The molecule has 7 rings (SSSR count). The number of rotatable bonds is 10. The zero-order chi connectivity index (χ0) is 40.1. The van der Waals surface area contributed by atoms with Crippen LogP contribution in [0.4, 0.5) is 5.69 Å². The molecule has 0 aromatic heterocycles. The Kier molecular flexibility index (Phi) is 15.0. The van der Waals surface area contributed by atoms with Crippen molar-refractivity contribution in [2.75, 3.05) is 31.1 Å². The van der Waals surface area contributed by atoms with E-state index in [1.54, 1.807) is 0 Å². The molecule has 56 heavy (non-hydrogen) atoms. The number of nitrogens with one attached hydrogen (secondary N) is 1. The van der Waals surface area contributed by atoms with Gasteiger partial charge in [0, 0.05) is 43.7 Å². The minimum Gasteiger partial charge on any atom is -0.488 e. The fourth-order valence-corrected chi connectivity index (χ4v) is 11.5. The molecular formula is C48H74N2O6. The molecule has 0 spiro atoms. The lowest BCUT2D eigenvalue weighted by molar-refractivity contribution is -0.189. The van der Waals surface area contributed by atoms with E-state index in [0.29, 0.717) is 36.5 Å². The summed E-state index contributed by atoms with van der Waals surface area (Å²) in [4.78, 5) is 2.46. The van der Waals surface area contributed by atoms with E-state index in [9.17, 15) is 20.4 Å². The summed E-state index contributed by atoms with van der Waals surface area (Å²) >= 11 is 0. The normalized spacial score (nSPS) is 40.2. The van der Waals surface area contributed by atoms with Gasteiger partial charge in [-0.15, -0.1) is 13.2 Å². The van der Waals surface area contributed by atoms with Crippen molar-refractivity contribution in [1.29, 1.82) is 0 Å². The van der Waals surface area contributed by atoms with Crippen LogP contribution in [-0.4, -0.2) is 89.3 Å². The van der Waals surface area contributed by atoms with Crippen molar-refractivity contribution >= 4 is 5.69 Å². The lowest BCUT2D eigenvalue weighted by atomic mass is 9.58. The maximum Gasteiger partial charge on any atom is 0.127 e. The van der Waals surface area contributed by atoms with Gasteiger partial charge in [0.1, 0.15) is 18.0 Å². The molecule has 8 nitrogen and oxygen atoms in total. The molecule has 0 amide bonds. The quantitative estimate of drug-likeness (QED) is 0.159. The number of aryl methyl sites for hydroxylation is 1. The summed E-state index contributed by atoms with van der Waals surface area (Å²) in [5.74, 6) is 2.47. The number of piperazine rings is 1. The lowest BCUT2D eigenvalue weighted by Gasteiger charge is -2.51. The number of ether oxygens (including phenoxy) is 2. The molecule has 0 radical (unpaired) electrons. The predicted molar refractivity (Wildman–Crippen MR) is 226 cm³/mol. The Bertz CT molecular complexity index is 1480. The Morgan fingerprint density at radius 1 is 0.768 bits per heavy atom. The van der Waals surface area contributed by atoms with E-state index in [1.807, 2.05) is 12.1 Å². The largest absolute Gasteiger partial charge is 0.488 e. The minimum absolute atomic E-state index is 0.00113. The van der Waals surface area contributed by atoms with Crippen molar-refractivity contribution < 1.29 is 29.9 Å². The van der Waals surface area contributed by atoms with E-state index in [2.05, 4.69) is 94.4 Å². The van der Waals surface area contributed by atoms with Crippen LogP contribution in [0, 0.1) is 47.3 Å². The van der Waals surface area contributed by atoms with Crippen LogP contribution in [0.5, 0.6) is 5.75 Å². The molecular weight excluding hydrogens is 701 g/mol. The zero-order valence-electron chi connectivity index (χ0n) is 35.0. The summed E-state index contributed by atoms with van der Waals surface area (Å²) in [6.45, 7) is 20.9. The number of hydrogen-bond acceptors (Lipinski definition) is 8. The molecule has 2 saturated heterocycles. The highest BCUT2D eigenvalue weighted by Crippen LogP contribution is 2.52. The third kappa shape index (κ3) is 9.53. The van der Waals surface area contributed by atoms with Crippen molar-refractivity contribution in [3.05, 3.63) is 72.8 Å². The number of hydrogen-bond donors (Lipinski definition) is 5. The third-order valence-electron chi connectivity index (χ3n) is 15.1. The first-order chi connectivity index (χ1) is 27.0. The lowest BCUT2D eigenvalue weighted by Crippen LogP contribution is -2.55. The molecule has 2 aromatic rings. The molecule has 16 atom stereocenters. The second-order valence-corrected chi connectivity index (χ2v) is 18.4. The average Bonchev–Trinajstić information content (AvgIpc) is 3.22. The van der Waals surface area contributed by atoms with Gasteiger partial charge in [-0.3, -0.25) is 0 Å². The van der Waals surface area contributed by atoms with Crippen LogP contribution in [0.1, 0.15) is 103 Å². The smallest absolute Gasteiger partial charge is 0.127 e. The first-order valence-electron chi connectivity index (χ1n) is 22.2. The van der Waals surface area contributed by atoms with Gasteiger partial charge in [0.15, 0.2) is 0 Å². The van der Waals surface area contributed by atoms with Crippen LogP contribution in [0.25, 0.3) is 0 Å². The summed E-state index contributed by atoms with van der Waals surface area (Å²) in [5, 5.41) is 49.7. The topological polar surface area (TPSA) is 115 Å². The third-order valence-corrected chi connectivity index (χ3v) is 15.1. The van der Waals surface area contributed by atoms with Crippen LogP contribution in [0.2, 0.25) is 0 Å². The Morgan fingerprint density at radius 3 is 2.14 bits per heavy atom. The highest BCUT2D eigenvalue weighted by atomic mass is 16.5. The number of aliphatic hydroxyl groups excluding tert-OH is 4. The second kappa shape index (κ2) is 19.5. The van der Waals surface area contributed by atoms with Gasteiger partial charge in [0.05, 0.1) is 30.5 Å². The van der Waals surface area contributed by atoms with Crippen LogP contribution < -0.4 is 15.0 Å². The van der Waals surface area contributed by atoms with Gasteiger partial charge in [-0.05, 0) is 135 Å². The maximum absolute atomic E-state index is 11.8. The molecule has 5 fully saturated rings. The van der Waals surface area contributed by atoms with E-state index in [1.165, 1.54) is 23.2 Å². The van der Waals surface area contributed by atoms with E-state index in [0.717, 1.165) is 70.5 Å². The van der Waals surface area contributed by atoms with Crippen molar-refractivity contribution in [2.24, 2.45) is 47.3 Å². The highest BCUT2D eigenvalue weighted by molar-refractivity contribution is 5.48. The van der Waals surface area contributed by atoms with E-state index < -0.39 is 24.4 Å². The molecule has 5 N–H and O–H groups in total. The van der Waals surface area contributed by atoms with Crippen LogP contribution in [0.3, 0.4) is 0 Å². The van der Waals surface area contributed by atoms with E-state index >= 15 is 0 Å². The van der Waals surface area contributed by atoms with Gasteiger partial charge in [-0.1, -0.05) is 58.4 Å². The summed E-state index contributed by atoms with van der Waals surface area (Å²) in [7, 11) is 0. The number of aliphatic hydroxyl groups is 4. The molecule has 2 heterocycles. The fraction of sp³-hybridized carbons (Fsp3) is 0.708. The Balaban J connectivity index is 0.00000262. The Labute approximate surface area is 338 Å². The maximum atomic E-state index is 11.8. The van der Waals surface area contributed by atoms with Crippen molar-refractivity contribution in [1.82, 2.24) is 5.32 Å². The first-order valence-corrected chi connectivity index (χ1v) is 22.2. The van der Waals surface area contributed by atoms with Gasteiger partial charge in [-0.2, -0.15) is 0 Å². The summed E-state index contributed by atoms with van der Waals surface area (Å²) in [6, 6.07) is 17.3. The number of benzene rings is 2. The summed E-state index contributed by atoms with van der Waals surface area (Å²) in [6.07, 6.45) is 5.13. The molecule has 16 unspecified atom stereocenters. The predicted octanol–water partition coefficient (Wildman–Crippen LogP) is 7.37. The molecule has 5 aliphatic rings. The molecule has 312 valence electrons. The summed E-state index contributed by atoms with van der Waals surface area (Å²) < 4.78 is 13.0. The second-order valence-electron chi connectivity index (χ2n) is 18.4. The zero-order valence-corrected chi connectivity index (χ0v) is 35.0. The van der Waals surface area contributed by atoms with Crippen LogP contribution in [-0.2, 0) is 11.2 Å². The van der Waals surface area contributed by atoms with E-state index in [4.69, 9.17) is 9.47 Å². The standard InChI is InChI=1S/C46H70N2O6.C2H4/c1-6-7-31-8-16-37(17-9-31)54-42-22-27(2)38(45(51)46(42)52)26-41-29(4)44(50)39(30(5)53-41)25-35-23-34-11-10-33(24-40(34)43(49)28(35)3)32-12-14-36(15-13-32)48-20-18-47-19-21-48;1-2/h8-9,12-17,27-30,33-35,38-47,49-52H,6-7,10-11,18-26H2,1-5H3;1-2H2. The molecule has 2 aliphatic heterocycles. The molecule has 3 aliphatic carbocycles. The molecule has 3 saturated carbocycles. The average molecular weight is 775 g/mol. The monoisotopic (exact) mass is 775 g/mol. The molecule has 2 aromatic carbocycles. The number of fused-ring (bicyclic) bond motifs is 1. The van der Waals surface area contributed by atoms with Gasteiger partial charge < -0.3 is 40.1 Å². The SMILES string of the molecule is C=C.CCCc1ccc(OC2CC(C)C(CC3OC(C)C(CC4CC5CCC(c6ccc(N7CCNCC7)cc6)CC5C(O)C4C)C(O)C3C)C(O)C2O)cc1. The van der Waals surface area contributed by atoms with Crippen LogP contribution >= 0.6 is 0 Å². The fourth-order valence-electron chi connectivity index (χ4n) is 11.5. The first kappa shape index (κ1) is 43.1. The van der Waals surface area contributed by atoms with E-state index in [-0.39, 0.29) is 47.9 Å². The Hall–Kier alpha value is -2.46. The highest BCUT2D eigenvalue weighted by Gasteiger charge is 2.50. The van der Waals surface area contributed by atoms with Gasteiger partial charge in [0.2, 0.25) is 0 Å². The minimum atomic E-state index is -0.989. The van der Waals surface area contributed by atoms with Crippen molar-refractivity contribution in [2.45, 2.75) is 141 Å². The van der Waals surface area contributed by atoms with Crippen LogP contribution in [0.15, 0.2) is 61.7 Å². The van der Waals surface area contributed by atoms with Gasteiger partial charge >= 0.3 is 0 Å². The number of anilines is 1. The Morgan fingerprint density at radius 2 is 1.46 bits per heavy atom. The number of nitrogens with zero attached hydrogens (tertiary/aromatic N) is 1. The van der Waals surface area contributed by atoms with Gasteiger partial charge in [0.25, 0.3) is 0 Å². The summed E-state index contributed by atoms with van der Waals surface area (Å²) in [5.41, 5.74) is 4.00.